The average molecular weight is 288 g/mol. The van der Waals surface area contributed by atoms with Crippen LogP contribution in [0.15, 0.2) is 18.2 Å². The summed E-state index contributed by atoms with van der Waals surface area (Å²) in [6.45, 7) is 4.18. The molecule has 1 unspecified atom stereocenters. The Hall–Kier alpha value is 0.170. The zero-order chi connectivity index (χ0) is 12.1. The molecule has 1 fully saturated rings. The van der Waals surface area contributed by atoms with E-state index in [-0.39, 0.29) is 0 Å². The van der Waals surface area contributed by atoms with E-state index < -0.39 is 0 Å². The lowest BCUT2D eigenvalue weighted by Crippen LogP contribution is -2.28. The zero-order valence-corrected chi connectivity index (χ0v) is 12.4. The van der Waals surface area contributed by atoms with Crippen molar-refractivity contribution in [2.45, 2.75) is 18.7 Å². The van der Waals surface area contributed by atoms with E-state index in [0.29, 0.717) is 0 Å². The van der Waals surface area contributed by atoms with E-state index in [9.17, 15) is 0 Å². The fraction of sp³-hybridized carbons (Fsp3) is 0.538. The summed E-state index contributed by atoms with van der Waals surface area (Å²) in [5.41, 5.74) is 2.62. The highest BCUT2D eigenvalue weighted by atomic mass is 35.5. The summed E-state index contributed by atoms with van der Waals surface area (Å²) < 4.78 is 0. The van der Waals surface area contributed by atoms with Crippen molar-refractivity contribution in [1.82, 2.24) is 5.32 Å². The molecule has 0 aliphatic carbocycles. The van der Waals surface area contributed by atoms with Crippen LogP contribution in [0.3, 0.4) is 0 Å². The predicted octanol–water partition coefficient (Wildman–Crippen LogP) is 3.59. The Morgan fingerprint density at radius 1 is 1.41 bits per heavy atom. The molecule has 0 bridgehead atoms. The monoisotopic (exact) mass is 287 g/mol. The van der Waals surface area contributed by atoms with Gasteiger partial charge in [-0.1, -0.05) is 17.7 Å². The number of thioether (sulfide) groups is 2. The fourth-order valence-electron chi connectivity index (χ4n) is 1.88. The van der Waals surface area contributed by atoms with Crippen LogP contribution in [-0.4, -0.2) is 29.1 Å². The Balaban J connectivity index is 1.77. The minimum Gasteiger partial charge on any atom is -0.312 e. The molecule has 94 valence electrons. The third-order valence-corrected chi connectivity index (χ3v) is 5.96. The smallest absolute Gasteiger partial charge is 0.0408 e. The summed E-state index contributed by atoms with van der Waals surface area (Å²) in [6.07, 6.45) is 0. The maximum Gasteiger partial charge on any atom is 0.0408 e. The van der Waals surface area contributed by atoms with Gasteiger partial charge >= 0.3 is 0 Å². The van der Waals surface area contributed by atoms with Gasteiger partial charge in [-0.2, -0.15) is 23.5 Å². The summed E-state index contributed by atoms with van der Waals surface area (Å²) in [7, 11) is 0. The van der Waals surface area contributed by atoms with Gasteiger partial charge in [0.05, 0.1) is 0 Å². The highest BCUT2D eigenvalue weighted by Gasteiger charge is 2.13. The number of halogens is 1. The second kappa shape index (κ2) is 6.93. The number of aryl methyl sites for hydroxylation is 1. The first kappa shape index (κ1) is 13.6. The van der Waals surface area contributed by atoms with E-state index >= 15 is 0 Å². The molecule has 1 atom stereocenters. The molecule has 0 saturated carbocycles. The Morgan fingerprint density at radius 2 is 2.29 bits per heavy atom. The van der Waals surface area contributed by atoms with Crippen molar-refractivity contribution in [1.29, 1.82) is 0 Å². The van der Waals surface area contributed by atoms with Crippen molar-refractivity contribution in [3.8, 4) is 0 Å². The van der Waals surface area contributed by atoms with Gasteiger partial charge in [0.1, 0.15) is 0 Å². The van der Waals surface area contributed by atoms with E-state index in [1.54, 1.807) is 0 Å². The van der Waals surface area contributed by atoms with Crippen LogP contribution >= 0.6 is 35.1 Å². The molecule has 1 N–H and O–H groups in total. The maximum absolute atomic E-state index is 5.95. The summed E-state index contributed by atoms with van der Waals surface area (Å²) in [6, 6.07) is 6.12. The molecule has 17 heavy (non-hydrogen) atoms. The summed E-state index contributed by atoms with van der Waals surface area (Å²) >= 11 is 10.1. The van der Waals surface area contributed by atoms with Crippen LogP contribution < -0.4 is 5.32 Å². The fourth-order valence-corrected chi connectivity index (χ4v) is 4.75. The molecule has 1 nitrogen and oxygen atoms in total. The molecule has 2 rings (SSSR count). The normalized spacial score (nSPS) is 20.5. The number of hydrogen-bond donors (Lipinski definition) is 1. The molecule has 0 spiro atoms. The van der Waals surface area contributed by atoms with E-state index in [1.165, 1.54) is 28.4 Å². The van der Waals surface area contributed by atoms with Crippen LogP contribution in [0, 0.1) is 6.92 Å². The first-order chi connectivity index (χ1) is 8.25. The van der Waals surface area contributed by atoms with E-state index in [0.717, 1.165) is 23.4 Å². The molecular formula is C13H18ClNS2. The van der Waals surface area contributed by atoms with Crippen LogP contribution in [0.1, 0.15) is 11.1 Å². The topological polar surface area (TPSA) is 12.0 Å². The van der Waals surface area contributed by atoms with Gasteiger partial charge < -0.3 is 5.32 Å². The van der Waals surface area contributed by atoms with Crippen molar-refractivity contribution >= 4 is 35.1 Å². The van der Waals surface area contributed by atoms with Crippen LogP contribution in [-0.2, 0) is 6.54 Å². The average Bonchev–Trinajstić information content (AvgIpc) is 2.33. The molecule has 1 aromatic carbocycles. The lowest BCUT2D eigenvalue weighted by Gasteiger charge is -2.21. The van der Waals surface area contributed by atoms with Gasteiger partial charge in [0.15, 0.2) is 0 Å². The number of rotatable bonds is 4. The van der Waals surface area contributed by atoms with E-state index in [4.69, 9.17) is 11.6 Å². The van der Waals surface area contributed by atoms with Gasteiger partial charge in [0.2, 0.25) is 0 Å². The van der Waals surface area contributed by atoms with Gasteiger partial charge in [-0.05, 0) is 30.2 Å². The van der Waals surface area contributed by atoms with Crippen molar-refractivity contribution < 1.29 is 0 Å². The summed E-state index contributed by atoms with van der Waals surface area (Å²) in [5, 5.41) is 5.16. The van der Waals surface area contributed by atoms with Crippen molar-refractivity contribution in [3.63, 3.8) is 0 Å². The highest BCUT2D eigenvalue weighted by Crippen LogP contribution is 2.23. The lowest BCUT2D eigenvalue weighted by molar-refractivity contribution is 0.684. The Morgan fingerprint density at radius 3 is 3.00 bits per heavy atom. The Labute approximate surface area is 117 Å². The largest absolute Gasteiger partial charge is 0.312 e. The van der Waals surface area contributed by atoms with Crippen molar-refractivity contribution in [2.75, 3.05) is 23.8 Å². The van der Waals surface area contributed by atoms with Gasteiger partial charge in [-0.15, -0.1) is 0 Å². The first-order valence-corrected chi connectivity index (χ1v) is 8.49. The lowest BCUT2D eigenvalue weighted by atomic mass is 10.1. The number of nitrogens with one attached hydrogen (secondary N) is 1. The first-order valence-electron chi connectivity index (χ1n) is 5.91. The van der Waals surface area contributed by atoms with E-state index in [1.807, 2.05) is 12.1 Å². The third kappa shape index (κ3) is 4.40. The Bertz CT molecular complexity index is 364. The summed E-state index contributed by atoms with van der Waals surface area (Å²) in [4.78, 5) is 0. The molecule has 0 radical (unpaired) electrons. The van der Waals surface area contributed by atoms with Crippen molar-refractivity contribution in [3.05, 3.63) is 34.3 Å². The van der Waals surface area contributed by atoms with Gasteiger partial charge in [-0.3, -0.25) is 0 Å². The zero-order valence-electron chi connectivity index (χ0n) is 10.0. The minimum atomic E-state index is 0.779. The molecule has 0 aromatic heterocycles. The second-order valence-corrected chi connectivity index (χ2v) is 7.26. The number of hydrogen-bond acceptors (Lipinski definition) is 3. The van der Waals surface area contributed by atoms with E-state index in [2.05, 4.69) is 41.8 Å². The molecule has 4 heteroatoms. The standard InChI is InChI=1S/C13H18ClNS2/c1-10-6-12(14)3-2-11(10)7-15-8-13-9-16-4-5-17-13/h2-3,6,13,15H,4-5,7-9H2,1H3. The maximum atomic E-state index is 5.95. The molecule has 1 aliphatic heterocycles. The summed E-state index contributed by atoms with van der Waals surface area (Å²) in [5.74, 6) is 3.91. The predicted molar refractivity (Wildman–Crippen MR) is 81.5 cm³/mol. The molecule has 1 aromatic rings. The van der Waals surface area contributed by atoms with Gasteiger partial charge in [-0.25, -0.2) is 0 Å². The quantitative estimate of drug-likeness (QED) is 0.909. The third-order valence-electron chi connectivity index (χ3n) is 2.88. The van der Waals surface area contributed by atoms with Crippen LogP contribution in [0.25, 0.3) is 0 Å². The van der Waals surface area contributed by atoms with Crippen LogP contribution in [0.5, 0.6) is 0 Å². The molecule has 1 saturated heterocycles. The van der Waals surface area contributed by atoms with Gasteiger partial charge in [0, 0.05) is 40.6 Å². The molecule has 1 heterocycles. The second-order valence-electron chi connectivity index (χ2n) is 4.27. The number of benzene rings is 1. The van der Waals surface area contributed by atoms with Crippen molar-refractivity contribution in [2.24, 2.45) is 0 Å². The molecule has 1 aliphatic rings. The highest BCUT2D eigenvalue weighted by molar-refractivity contribution is 8.06. The SMILES string of the molecule is Cc1cc(Cl)ccc1CNCC1CSCCS1. The van der Waals surface area contributed by atoms with Crippen LogP contribution in [0.4, 0.5) is 0 Å². The minimum absolute atomic E-state index is 0.779. The molecular weight excluding hydrogens is 270 g/mol. The van der Waals surface area contributed by atoms with Gasteiger partial charge in [0.25, 0.3) is 0 Å². The van der Waals surface area contributed by atoms with Crippen LogP contribution in [0.2, 0.25) is 5.02 Å². The molecule has 0 amide bonds. The Kier molecular flexibility index (Phi) is 5.54.